The molecular weight excluding hydrogens is 274 g/mol. The third kappa shape index (κ3) is 2.32. The minimum absolute atomic E-state index is 0.0540. The Kier molecular flexibility index (Phi) is 3.27. The third-order valence-electron chi connectivity index (χ3n) is 2.95. The molecule has 3 heterocycles. The van der Waals surface area contributed by atoms with Gasteiger partial charge < -0.3 is 4.57 Å². The lowest BCUT2D eigenvalue weighted by molar-refractivity contribution is 0.788. The molecule has 0 N–H and O–H groups in total. The quantitative estimate of drug-likeness (QED) is 0.682. The normalized spacial score (nSPS) is 11.1. The monoisotopic (exact) mass is 287 g/mol. The van der Waals surface area contributed by atoms with Gasteiger partial charge in [0, 0.05) is 24.6 Å². The van der Waals surface area contributed by atoms with Crippen molar-refractivity contribution in [3.8, 4) is 0 Å². The van der Waals surface area contributed by atoms with E-state index in [0.29, 0.717) is 11.4 Å². The van der Waals surface area contributed by atoms with Crippen LogP contribution >= 0.6 is 11.8 Å². The molecule has 3 aromatic heterocycles. The molecule has 0 unspecified atom stereocenters. The fraction of sp³-hybridized carbons (Fsp3) is 0.231. The summed E-state index contributed by atoms with van der Waals surface area (Å²) < 4.78 is 3.44. The average molecular weight is 287 g/mol. The maximum absolute atomic E-state index is 12.1. The van der Waals surface area contributed by atoms with Gasteiger partial charge in [-0.15, -0.1) is 10.2 Å². The Morgan fingerprint density at radius 1 is 1.35 bits per heavy atom. The lowest BCUT2D eigenvalue weighted by Gasteiger charge is -2.06. The van der Waals surface area contributed by atoms with Crippen LogP contribution < -0.4 is 5.56 Å². The molecule has 20 heavy (non-hydrogen) atoms. The highest BCUT2D eigenvalue weighted by atomic mass is 32.2. The summed E-state index contributed by atoms with van der Waals surface area (Å²) in [6, 6.07) is 7.20. The highest BCUT2D eigenvalue weighted by molar-refractivity contribution is 7.98. The third-order valence-corrected chi connectivity index (χ3v) is 4.02. The first-order chi connectivity index (χ1) is 9.65. The largest absolute Gasteiger partial charge is 0.312 e. The number of rotatable bonds is 3. The van der Waals surface area contributed by atoms with Crippen LogP contribution in [-0.4, -0.2) is 24.1 Å². The summed E-state index contributed by atoms with van der Waals surface area (Å²) in [5.41, 5.74) is 2.24. The first kappa shape index (κ1) is 12.9. The number of hydrogen-bond donors (Lipinski definition) is 0. The van der Waals surface area contributed by atoms with Gasteiger partial charge in [0.1, 0.15) is 12.0 Å². The molecule has 0 atom stereocenters. The van der Waals surface area contributed by atoms with Crippen LogP contribution in [0.4, 0.5) is 0 Å². The topological polar surface area (TPSA) is 65.1 Å². The van der Waals surface area contributed by atoms with E-state index in [4.69, 9.17) is 0 Å². The molecule has 0 aliphatic rings. The standard InChI is InChI=1S/C13H13N5OS/c1-9-4-3-5-11-15-10(6-12(19)18(9)11)7-20-13-16-14-8-17(13)2/h3-6,8H,7H2,1-2H3. The van der Waals surface area contributed by atoms with E-state index in [1.807, 2.05) is 36.7 Å². The van der Waals surface area contributed by atoms with Crippen molar-refractivity contribution in [3.63, 3.8) is 0 Å². The molecule has 102 valence electrons. The Bertz CT molecular complexity index is 823. The van der Waals surface area contributed by atoms with E-state index in [0.717, 1.165) is 16.5 Å². The molecule has 3 aromatic rings. The van der Waals surface area contributed by atoms with E-state index < -0.39 is 0 Å². The van der Waals surface area contributed by atoms with Crippen molar-refractivity contribution in [3.05, 3.63) is 52.3 Å². The van der Waals surface area contributed by atoms with Gasteiger partial charge in [-0.05, 0) is 19.1 Å². The summed E-state index contributed by atoms with van der Waals surface area (Å²) >= 11 is 1.51. The Balaban J connectivity index is 1.93. The number of aryl methyl sites for hydroxylation is 2. The molecule has 0 aliphatic heterocycles. The summed E-state index contributed by atoms with van der Waals surface area (Å²) in [5.74, 6) is 0.589. The van der Waals surface area contributed by atoms with Crippen molar-refractivity contribution in [2.75, 3.05) is 0 Å². The molecule has 3 rings (SSSR count). The predicted octanol–water partition coefficient (Wildman–Crippen LogP) is 1.42. The van der Waals surface area contributed by atoms with Crippen molar-refractivity contribution in [1.29, 1.82) is 0 Å². The molecule has 0 spiro atoms. The molecule has 0 saturated heterocycles. The summed E-state index contributed by atoms with van der Waals surface area (Å²) in [6.07, 6.45) is 1.65. The van der Waals surface area contributed by atoms with Crippen molar-refractivity contribution in [1.82, 2.24) is 24.1 Å². The predicted molar refractivity (Wildman–Crippen MR) is 76.8 cm³/mol. The Hall–Kier alpha value is -2.15. The molecule has 0 amide bonds. The molecular formula is C13H13N5OS. The van der Waals surface area contributed by atoms with Crippen LogP contribution in [0.2, 0.25) is 0 Å². The van der Waals surface area contributed by atoms with Crippen molar-refractivity contribution < 1.29 is 0 Å². The van der Waals surface area contributed by atoms with Crippen molar-refractivity contribution in [2.45, 2.75) is 17.8 Å². The second-order valence-electron chi connectivity index (χ2n) is 4.46. The summed E-state index contributed by atoms with van der Waals surface area (Å²) in [6.45, 7) is 1.89. The van der Waals surface area contributed by atoms with Crippen molar-refractivity contribution in [2.24, 2.45) is 7.05 Å². The average Bonchev–Trinajstić information content (AvgIpc) is 2.81. The van der Waals surface area contributed by atoms with Crippen LogP contribution in [0.25, 0.3) is 5.65 Å². The molecule has 0 bridgehead atoms. The van der Waals surface area contributed by atoms with Crippen LogP contribution in [0, 0.1) is 6.92 Å². The Morgan fingerprint density at radius 3 is 2.95 bits per heavy atom. The van der Waals surface area contributed by atoms with Gasteiger partial charge in [0.2, 0.25) is 0 Å². The van der Waals surface area contributed by atoms with E-state index in [2.05, 4.69) is 15.2 Å². The highest BCUT2D eigenvalue weighted by Gasteiger charge is 2.07. The lowest BCUT2D eigenvalue weighted by Crippen LogP contribution is -2.17. The number of hydrogen-bond acceptors (Lipinski definition) is 5. The molecule has 0 aliphatic carbocycles. The lowest BCUT2D eigenvalue weighted by atomic mass is 10.3. The number of aromatic nitrogens is 5. The second-order valence-corrected chi connectivity index (χ2v) is 5.40. The van der Waals surface area contributed by atoms with Crippen LogP contribution in [-0.2, 0) is 12.8 Å². The van der Waals surface area contributed by atoms with Gasteiger partial charge in [-0.1, -0.05) is 17.8 Å². The van der Waals surface area contributed by atoms with Gasteiger partial charge in [-0.25, -0.2) is 4.98 Å². The van der Waals surface area contributed by atoms with E-state index in [1.54, 1.807) is 16.8 Å². The fourth-order valence-electron chi connectivity index (χ4n) is 1.98. The number of thioether (sulfide) groups is 1. The minimum atomic E-state index is -0.0540. The minimum Gasteiger partial charge on any atom is -0.312 e. The van der Waals surface area contributed by atoms with E-state index in [-0.39, 0.29) is 5.56 Å². The van der Waals surface area contributed by atoms with Gasteiger partial charge in [0.05, 0.1) is 5.69 Å². The SMILES string of the molecule is Cc1cccc2nc(CSc3nncn3C)cc(=O)n12. The van der Waals surface area contributed by atoms with Crippen molar-refractivity contribution >= 4 is 17.4 Å². The van der Waals surface area contributed by atoms with Crippen LogP contribution in [0.1, 0.15) is 11.4 Å². The Morgan fingerprint density at radius 2 is 2.20 bits per heavy atom. The molecule has 0 fully saturated rings. The summed E-state index contributed by atoms with van der Waals surface area (Å²) in [7, 11) is 1.88. The van der Waals surface area contributed by atoms with Gasteiger partial charge in [0.25, 0.3) is 5.56 Å². The molecule has 6 nitrogen and oxygen atoms in total. The molecule has 7 heteroatoms. The number of pyridine rings is 1. The van der Waals surface area contributed by atoms with Crippen LogP contribution in [0.15, 0.2) is 40.5 Å². The number of nitrogens with zero attached hydrogens (tertiary/aromatic N) is 5. The maximum atomic E-state index is 12.1. The first-order valence-electron chi connectivity index (χ1n) is 6.10. The first-order valence-corrected chi connectivity index (χ1v) is 7.09. The van der Waals surface area contributed by atoms with E-state index >= 15 is 0 Å². The van der Waals surface area contributed by atoms with E-state index in [1.165, 1.54) is 11.8 Å². The number of fused-ring (bicyclic) bond motifs is 1. The molecule has 0 saturated carbocycles. The smallest absolute Gasteiger partial charge is 0.258 e. The van der Waals surface area contributed by atoms with E-state index in [9.17, 15) is 4.79 Å². The second kappa shape index (κ2) is 5.09. The Labute approximate surface area is 119 Å². The van der Waals surface area contributed by atoms with Crippen LogP contribution in [0.3, 0.4) is 0 Å². The zero-order valence-corrected chi connectivity index (χ0v) is 12.0. The maximum Gasteiger partial charge on any atom is 0.258 e. The molecule has 0 aromatic carbocycles. The summed E-state index contributed by atoms with van der Waals surface area (Å²) in [5, 5.41) is 8.62. The molecule has 0 radical (unpaired) electrons. The van der Waals surface area contributed by atoms with Gasteiger partial charge in [-0.2, -0.15) is 0 Å². The van der Waals surface area contributed by atoms with Gasteiger partial charge in [0.15, 0.2) is 5.16 Å². The zero-order chi connectivity index (χ0) is 14.1. The van der Waals surface area contributed by atoms with Gasteiger partial charge >= 0.3 is 0 Å². The summed E-state index contributed by atoms with van der Waals surface area (Å²) in [4.78, 5) is 16.6. The highest BCUT2D eigenvalue weighted by Crippen LogP contribution is 2.18. The van der Waals surface area contributed by atoms with Crippen LogP contribution in [0.5, 0.6) is 0 Å². The zero-order valence-electron chi connectivity index (χ0n) is 11.1. The fourth-order valence-corrected chi connectivity index (χ4v) is 2.76. The van der Waals surface area contributed by atoms with Gasteiger partial charge in [-0.3, -0.25) is 9.20 Å².